The Hall–Kier alpha value is -3.90. The van der Waals surface area contributed by atoms with Gasteiger partial charge in [0.15, 0.2) is 0 Å². The SMILES string of the molecule is CCCCCCc1ccc(-c2cc(-c3ccc(CCCCCC)cc3)cc(C3(C)c4cc(C)ccc4-c4ccc(C)cc43)c2)cc1. The van der Waals surface area contributed by atoms with E-state index < -0.39 is 0 Å². The van der Waals surface area contributed by atoms with Crippen LogP contribution in [0.4, 0.5) is 0 Å². The molecule has 6 rings (SSSR count). The maximum atomic E-state index is 2.48. The molecule has 46 heavy (non-hydrogen) atoms. The smallest absolute Gasteiger partial charge is 0.0436 e. The van der Waals surface area contributed by atoms with Crippen LogP contribution in [-0.4, -0.2) is 0 Å². The Kier molecular flexibility index (Phi) is 9.93. The molecule has 0 radical (unpaired) electrons. The third-order valence-electron chi connectivity index (χ3n) is 10.4. The molecule has 0 saturated heterocycles. The van der Waals surface area contributed by atoms with Crippen LogP contribution in [0, 0.1) is 13.8 Å². The molecule has 0 fully saturated rings. The van der Waals surface area contributed by atoms with Crippen LogP contribution in [0.3, 0.4) is 0 Å². The first kappa shape index (κ1) is 32.1. The van der Waals surface area contributed by atoms with E-state index in [4.69, 9.17) is 0 Å². The Bertz CT molecular complexity index is 1640. The molecule has 0 N–H and O–H groups in total. The Labute approximate surface area is 278 Å². The summed E-state index contributed by atoms with van der Waals surface area (Å²) in [5.41, 5.74) is 17.4. The third kappa shape index (κ3) is 6.64. The number of fused-ring (bicyclic) bond motifs is 3. The highest BCUT2D eigenvalue weighted by atomic mass is 14.4. The largest absolute Gasteiger partial charge is 0.0654 e. The average molecular weight is 605 g/mol. The maximum Gasteiger partial charge on any atom is 0.0436 e. The summed E-state index contributed by atoms with van der Waals surface area (Å²) < 4.78 is 0. The zero-order valence-corrected chi connectivity index (χ0v) is 28.9. The molecule has 236 valence electrons. The molecule has 1 aliphatic carbocycles. The van der Waals surface area contributed by atoms with Gasteiger partial charge in [-0.3, -0.25) is 0 Å². The van der Waals surface area contributed by atoms with Gasteiger partial charge >= 0.3 is 0 Å². The van der Waals surface area contributed by atoms with Crippen molar-refractivity contribution in [1.29, 1.82) is 0 Å². The van der Waals surface area contributed by atoms with Crippen molar-refractivity contribution < 1.29 is 0 Å². The number of benzene rings is 5. The first-order valence-corrected chi connectivity index (χ1v) is 18.0. The highest BCUT2D eigenvalue weighted by Gasteiger charge is 2.41. The molecule has 0 saturated carbocycles. The highest BCUT2D eigenvalue weighted by molar-refractivity contribution is 5.85. The molecule has 0 nitrogen and oxygen atoms in total. The molecule has 0 atom stereocenters. The topological polar surface area (TPSA) is 0 Å². The van der Waals surface area contributed by atoms with Crippen LogP contribution in [-0.2, 0) is 18.3 Å². The summed E-state index contributed by atoms with van der Waals surface area (Å²) in [6.07, 6.45) is 12.8. The number of aryl methyl sites for hydroxylation is 4. The number of hydrogen-bond acceptors (Lipinski definition) is 0. The van der Waals surface area contributed by atoms with E-state index in [1.807, 2.05) is 0 Å². The lowest BCUT2D eigenvalue weighted by atomic mass is 9.72. The quantitative estimate of drug-likeness (QED) is 0.117. The molecule has 0 unspecified atom stereocenters. The van der Waals surface area contributed by atoms with E-state index in [0.717, 1.165) is 0 Å². The minimum Gasteiger partial charge on any atom is -0.0654 e. The van der Waals surface area contributed by atoms with Crippen molar-refractivity contribution in [1.82, 2.24) is 0 Å². The Morgan fingerprint density at radius 3 is 1.28 bits per heavy atom. The van der Waals surface area contributed by atoms with Gasteiger partial charge in [-0.1, -0.05) is 148 Å². The van der Waals surface area contributed by atoms with Crippen LogP contribution in [0.2, 0.25) is 0 Å². The second kappa shape index (κ2) is 14.3. The number of hydrogen-bond donors (Lipinski definition) is 0. The Morgan fingerprint density at radius 2 is 0.870 bits per heavy atom. The van der Waals surface area contributed by atoms with Gasteiger partial charge in [-0.25, -0.2) is 0 Å². The van der Waals surface area contributed by atoms with Crippen molar-refractivity contribution in [3.63, 3.8) is 0 Å². The van der Waals surface area contributed by atoms with Crippen LogP contribution >= 0.6 is 0 Å². The predicted octanol–water partition coefficient (Wildman–Crippen LogP) is 13.2. The Balaban J connectivity index is 1.44. The van der Waals surface area contributed by atoms with Gasteiger partial charge in [0.2, 0.25) is 0 Å². The lowest BCUT2D eigenvalue weighted by Crippen LogP contribution is -2.23. The second-order valence-corrected chi connectivity index (χ2v) is 14.0. The van der Waals surface area contributed by atoms with Gasteiger partial charge in [0.25, 0.3) is 0 Å². The van der Waals surface area contributed by atoms with Crippen molar-refractivity contribution in [3.05, 3.63) is 142 Å². The summed E-state index contributed by atoms with van der Waals surface area (Å²) in [7, 11) is 0. The summed E-state index contributed by atoms with van der Waals surface area (Å²) in [6.45, 7) is 11.5. The van der Waals surface area contributed by atoms with Gasteiger partial charge in [0, 0.05) is 5.41 Å². The van der Waals surface area contributed by atoms with Crippen molar-refractivity contribution in [2.75, 3.05) is 0 Å². The van der Waals surface area contributed by atoms with Gasteiger partial charge in [0.1, 0.15) is 0 Å². The van der Waals surface area contributed by atoms with Crippen LogP contribution in [0.15, 0.2) is 103 Å². The minimum absolute atomic E-state index is 0.244. The van der Waals surface area contributed by atoms with Crippen LogP contribution in [0.5, 0.6) is 0 Å². The molecule has 0 bridgehead atoms. The fourth-order valence-corrected chi connectivity index (χ4v) is 7.56. The van der Waals surface area contributed by atoms with Crippen LogP contribution < -0.4 is 0 Å². The van der Waals surface area contributed by atoms with Crippen molar-refractivity contribution in [2.24, 2.45) is 0 Å². The number of unbranched alkanes of at least 4 members (excludes halogenated alkanes) is 6. The van der Waals surface area contributed by atoms with Crippen molar-refractivity contribution in [3.8, 4) is 33.4 Å². The summed E-state index contributed by atoms with van der Waals surface area (Å²) in [5.74, 6) is 0. The molecule has 0 amide bonds. The lowest BCUT2D eigenvalue weighted by molar-refractivity contribution is 0.667. The van der Waals surface area contributed by atoms with Crippen molar-refractivity contribution >= 4 is 0 Å². The zero-order chi connectivity index (χ0) is 32.1. The molecule has 5 aromatic carbocycles. The first-order valence-electron chi connectivity index (χ1n) is 18.0. The lowest BCUT2D eigenvalue weighted by Gasteiger charge is -2.30. The molecular formula is C46H52. The molecule has 0 heteroatoms. The summed E-state index contributed by atoms with van der Waals surface area (Å²) in [5, 5.41) is 0. The maximum absolute atomic E-state index is 2.48. The average Bonchev–Trinajstić information content (AvgIpc) is 3.32. The number of rotatable bonds is 13. The third-order valence-corrected chi connectivity index (χ3v) is 10.4. The fraction of sp³-hybridized carbons (Fsp3) is 0.348. The van der Waals surface area contributed by atoms with E-state index in [1.54, 1.807) is 0 Å². The molecule has 0 spiro atoms. The molecule has 1 aliphatic rings. The van der Waals surface area contributed by atoms with Crippen LogP contribution in [0.1, 0.15) is 111 Å². The summed E-state index contributed by atoms with van der Waals surface area (Å²) in [4.78, 5) is 0. The van der Waals surface area contributed by atoms with Gasteiger partial charge in [0.05, 0.1) is 0 Å². The minimum atomic E-state index is -0.244. The summed E-state index contributed by atoms with van der Waals surface area (Å²) in [6, 6.07) is 40.3. The van der Waals surface area contributed by atoms with E-state index in [1.165, 1.54) is 137 Å². The van der Waals surface area contributed by atoms with Gasteiger partial charge in [-0.05, 0) is 126 Å². The van der Waals surface area contributed by atoms with E-state index in [9.17, 15) is 0 Å². The van der Waals surface area contributed by atoms with Crippen LogP contribution in [0.25, 0.3) is 33.4 Å². The van der Waals surface area contributed by atoms with Gasteiger partial charge in [-0.15, -0.1) is 0 Å². The summed E-state index contributed by atoms with van der Waals surface area (Å²) >= 11 is 0. The monoisotopic (exact) mass is 604 g/mol. The molecule has 0 aliphatic heterocycles. The van der Waals surface area contributed by atoms with E-state index in [0.29, 0.717) is 0 Å². The molecule has 0 heterocycles. The zero-order valence-electron chi connectivity index (χ0n) is 28.9. The van der Waals surface area contributed by atoms with E-state index >= 15 is 0 Å². The van der Waals surface area contributed by atoms with E-state index in [-0.39, 0.29) is 5.41 Å². The highest BCUT2D eigenvalue weighted by Crippen LogP contribution is 2.53. The second-order valence-electron chi connectivity index (χ2n) is 14.0. The van der Waals surface area contributed by atoms with Crippen molar-refractivity contribution in [2.45, 2.75) is 104 Å². The molecular weight excluding hydrogens is 553 g/mol. The predicted molar refractivity (Wildman–Crippen MR) is 200 cm³/mol. The first-order chi connectivity index (χ1) is 22.4. The normalized spacial score (nSPS) is 13.1. The molecule has 5 aromatic rings. The van der Waals surface area contributed by atoms with Gasteiger partial charge in [-0.2, -0.15) is 0 Å². The Morgan fingerprint density at radius 1 is 0.435 bits per heavy atom. The standard InChI is InChI=1S/C46H52/c1-6-8-10-12-14-35-18-22-37(23-19-35)39-30-40(38-24-20-36(21-25-38)15-13-11-9-7-2)32-41(31-39)46(5)44-28-33(3)16-26-42(44)43-27-17-34(4)29-45(43)46/h16-32H,6-15H2,1-5H3. The van der Waals surface area contributed by atoms with E-state index in [2.05, 4.69) is 138 Å². The fourth-order valence-electron chi connectivity index (χ4n) is 7.56. The molecule has 0 aromatic heterocycles. The van der Waals surface area contributed by atoms with Gasteiger partial charge < -0.3 is 0 Å².